The van der Waals surface area contributed by atoms with Crippen LogP contribution in [0.1, 0.15) is 16.1 Å². The maximum atomic E-state index is 13.4. The number of carbonyl (C=O) groups is 2. The van der Waals surface area contributed by atoms with Crippen LogP contribution in [0.25, 0.3) is 0 Å². The highest BCUT2D eigenvalue weighted by atomic mass is 32.2. The van der Waals surface area contributed by atoms with E-state index in [-0.39, 0.29) is 17.6 Å². The first-order valence-corrected chi connectivity index (χ1v) is 9.08. The molecule has 2 aliphatic rings. The van der Waals surface area contributed by atoms with Crippen molar-refractivity contribution >= 4 is 29.3 Å². The molecule has 1 aromatic carbocycles. The van der Waals surface area contributed by atoms with E-state index in [0.717, 1.165) is 11.3 Å². The number of benzene rings is 1. The Morgan fingerprint density at radius 2 is 2.16 bits per heavy atom. The summed E-state index contributed by atoms with van der Waals surface area (Å²) < 4.78 is 10.4. The number of fused-ring (bicyclic) bond motifs is 2. The summed E-state index contributed by atoms with van der Waals surface area (Å²) in [6.45, 7) is 1.40. The average molecular weight is 358 g/mol. The van der Waals surface area contributed by atoms with Gasteiger partial charge in [0.1, 0.15) is 0 Å². The lowest BCUT2D eigenvalue weighted by atomic mass is 10.1. The summed E-state index contributed by atoms with van der Waals surface area (Å²) in [5.41, 5.74) is 1.70. The molecule has 0 bridgehead atoms. The number of amides is 2. The Labute approximate surface area is 149 Å². The number of thioether (sulfide) groups is 1. The van der Waals surface area contributed by atoms with E-state index in [1.54, 1.807) is 29.0 Å². The van der Waals surface area contributed by atoms with Gasteiger partial charge in [-0.15, -0.1) is 11.8 Å². The molecular formula is C18H18N2O4S. The van der Waals surface area contributed by atoms with Crippen molar-refractivity contribution < 1.29 is 18.7 Å². The predicted octanol–water partition coefficient (Wildman–Crippen LogP) is 2.31. The summed E-state index contributed by atoms with van der Waals surface area (Å²) >= 11 is 1.51. The Kier molecular flexibility index (Phi) is 4.05. The van der Waals surface area contributed by atoms with Crippen LogP contribution >= 0.6 is 11.8 Å². The number of nitrogens with zero attached hydrogens (tertiary/aromatic N) is 2. The lowest BCUT2D eigenvalue weighted by molar-refractivity contribution is -0.123. The highest BCUT2D eigenvalue weighted by molar-refractivity contribution is 8.01. The van der Waals surface area contributed by atoms with Crippen LogP contribution in [0.3, 0.4) is 0 Å². The molecule has 0 radical (unpaired) electrons. The number of furan rings is 1. The molecule has 0 N–H and O–H groups in total. The van der Waals surface area contributed by atoms with Crippen molar-refractivity contribution in [1.82, 2.24) is 4.90 Å². The Balaban J connectivity index is 1.79. The molecular weight excluding hydrogens is 340 g/mol. The molecule has 0 saturated carbocycles. The molecule has 3 heterocycles. The van der Waals surface area contributed by atoms with Gasteiger partial charge in [0.15, 0.2) is 10.6 Å². The highest BCUT2D eigenvalue weighted by Gasteiger charge is 2.59. The number of hydrogen-bond donors (Lipinski definition) is 0. The van der Waals surface area contributed by atoms with Gasteiger partial charge in [-0.05, 0) is 18.2 Å². The number of ether oxygens (including phenoxy) is 1. The standard InChI is InChI=1S/C18H18N2O4S/c1-23-11-8-19-14-6-3-2-5-13(14)18(17(19)22)20(9-12-25-18)16(21)15-7-4-10-24-15/h2-7,10H,8-9,11-12H2,1H3. The molecule has 1 fully saturated rings. The number of rotatable bonds is 4. The van der Waals surface area contributed by atoms with Gasteiger partial charge in [-0.2, -0.15) is 0 Å². The Morgan fingerprint density at radius 3 is 2.92 bits per heavy atom. The molecule has 2 aliphatic heterocycles. The Bertz CT molecular complexity index is 807. The normalized spacial score (nSPS) is 22.0. The lowest BCUT2D eigenvalue weighted by Gasteiger charge is -2.32. The first-order valence-electron chi connectivity index (χ1n) is 8.10. The molecule has 7 heteroatoms. The minimum atomic E-state index is -1.02. The van der Waals surface area contributed by atoms with Crippen LogP contribution in [0, 0.1) is 0 Å². The predicted molar refractivity (Wildman–Crippen MR) is 94.6 cm³/mol. The molecule has 1 spiro atoms. The van der Waals surface area contributed by atoms with Crippen molar-refractivity contribution in [2.24, 2.45) is 0 Å². The van der Waals surface area contributed by atoms with Crippen LogP contribution in [0.5, 0.6) is 0 Å². The molecule has 4 rings (SSSR count). The second kappa shape index (κ2) is 6.24. The van der Waals surface area contributed by atoms with Crippen LogP contribution in [0.4, 0.5) is 5.69 Å². The monoisotopic (exact) mass is 358 g/mol. The van der Waals surface area contributed by atoms with E-state index in [1.807, 2.05) is 24.3 Å². The second-order valence-corrected chi connectivity index (χ2v) is 7.18. The Hall–Kier alpha value is -2.25. The molecule has 130 valence electrons. The number of anilines is 1. The minimum Gasteiger partial charge on any atom is -0.459 e. The highest BCUT2D eigenvalue weighted by Crippen LogP contribution is 2.54. The first-order chi connectivity index (χ1) is 12.2. The molecule has 1 unspecified atom stereocenters. The molecule has 1 atom stereocenters. The molecule has 1 aromatic heterocycles. The summed E-state index contributed by atoms with van der Waals surface area (Å²) in [5.74, 6) is 0.604. The van der Waals surface area contributed by atoms with Crippen molar-refractivity contribution in [1.29, 1.82) is 0 Å². The van der Waals surface area contributed by atoms with Gasteiger partial charge in [0, 0.05) is 31.5 Å². The van der Waals surface area contributed by atoms with E-state index in [9.17, 15) is 9.59 Å². The van der Waals surface area contributed by atoms with E-state index in [4.69, 9.17) is 9.15 Å². The SMILES string of the molecule is COCCN1C(=O)C2(SCCN2C(=O)c2ccco2)c2ccccc21. The van der Waals surface area contributed by atoms with Crippen molar-refractivity contribution in [2.45, 2.75) is 4.87 Å². The Morgan fingerprint density at radius 1 is 1.32 bits per heavy atom. The second-order valence-electron chi connectivity index (χ2n) is 5.89. The summed E-state index contributed by atoms with van der Waals surface area (Å²) in [7, 11) is 1.61. The van der Waals surface area contributed by atoms with Crippen LogP contribution in [0.15, 0.2) is 47.1 Å². The third-order valence-corrected chi connectivity index (χ3v) is 6.02. The number of methoxy groups -OCH3 is 1. The summed E-state index contributed by atoms with van der Waals surface area (Å²) in [6.07, 6.45) is 1.47. The molecule has 2 amide bonds. The van der Waals surface area contributed by atoms with Crippen molar-refractivity contribution in [2.75, 3.05) is 37.5 Å². The van der Waals surface area contributed by atoms with E-state index in [2.05, 4.69) is 0 Å². The number of para-hydroxylation sites is 1. The topological polar surface area (TPSA) is 63.0 Å². The molecule has 1 saturated heterocycles. The maximum absolute atomic E-state index is 13.4. The zero-order valence-corrected chi connectivity index (χ0v) is 14.6. The fourth-order valence-corrected chi connectivity index (χ4v) is 4.97. The van der Waals surface area contributed by atoms with Gasteiger partial charge in [0.2, 0.25) is 0 Å². The summed E-state index contributed by atoms with van der Waals surface area (Å²) in [4.78, 5) is 28.7. The van der Waals surface area contributed by atoms with E-state index in [1.165, 1.54) is 18.0 Å². The first kappa shape index (κ1) is 16.2. The van der Waals surface area contributed by atoms with Crippen LogP contribution in [-0.4, -0.2) is 49.3 Å². The van der Waals surface area contributed by atoms with Crippen molar-refractivity contribution in [3.8, 4) is 0 Å². The lowest BCUT2D eigenvalue weighted by Crippen LogP contribution is -2.50. The quantitative estimate of drug-likeness (QED) is 0.839. The zero-order valence-electron chi connectivity index (χ0n) is 13.8. The van der Waals surface area contributed by atoms with Crippen molar-refractivity contribution in [3.05, 3.63) is 54.0 Å². The van der Waals surface area contributed by atoms with Gasteiger partial charge in [-0.25, -0.2) is 0 Å². The number of hydrogen-bond acceptors (Lipinski definition) is 5. The van der Waals surface area contributed by atoms with Gasteiger partial charge in [-0.3, -0.25) is 9.59 Å². The maximum Gasteiger partial charge on any atom is 0.291 e. The molecule has 2 aromatic rings. The largest absolute Gasteiger partial charge is 0.459 e. The van der Waals surface area contributed by atoms with Gasteiger partial charge in [0.25, 0.3) is 11.8 Å². The van der Waals surface area contributed by atoms with E-state index >= 15 is 0 Å². The minimum absolute atomic E-state index is 0.0897. The number of carbonyl (C=O) groups excluding carboxylic acids is 2. The van der Waals surface area contributed by atoms with E-state index < -0.39 is 4.87 Å². The molecule has 25 heavy (non-hydrogen) atoms. The van der Waals surface area contributed by atoms with Crippen LogP contribution < -0.4 is 4.90 Å². The van der Waals surface area contributed by atoms with Crippen LogP contribution in [0.2, 0.25) is 0 Å². The van der Waals surface area contributed by atoms with E-state index in [0.29, 0.717) is 25.4 Å². The average Bonchev–Trinajstić information content (AvgIpc) is 3.35. The van der Waals surface area contributed by atoms with Gasteiger partial charge < -0.3 is 19.0 Å². The summed E-state index contributed by atoms with van der Waals surface area (Å²) in [5, 5.41) is 0. The fourth-order valence-electron chi connectivity index (χ4n) is 3.51. The third kappa shape index (κ3) is 2.30. The van der Waals surface area contributed by atoms with Crippen LogP contribution in [-0.2, 0) is 14.4 Å². The zero-order chi connectivity index (χ0) is 17.4. The summed E-state index contributed by atoms with van der Waals surface area (Å²) in [6, 6.07) is 11.0. The van der Waals surface area contributed by atoms with Gasteiger partial charge in [-0.1, -0.05) is 18.2 Å². The molecule has 6 nitrogen and oxygen atoms in total. The smallest absolute Gasteiger partial charge is 0.291 e. The fraction of sp³-hybridized carbons (Fsp3) is 0.333. The van der Waals surface area contributed by atoms with Crippen molar-refractivity contribution in [3.63, 3.8) is 0 Å². The van der Waals surface area contributed by atoms with Gasteiger partial charge in [0.05, 0.1) is 18.6 Å². The third-order valence-electron chi connectivity index (χ3n) is 4.60. The molecule has 0 aliphatic carbocycles. The van der Waals surface area contributed by atoms with Gasteiger partial charge >= 0.3 is 0 Å².